The van der Waals surface area contributed by atoms with Gasteiger partial charge in [-0.15, -0.1) is 0 Å². The zero-order valence-electron chi connectivity index (χ0n) is 18.1. The summed E-state index contributed by atoms with van der Waals surface area (Å²) in [7, 11) is 0. The first kappa shape index (κ1) is 23.1. The lowest BCUT2D eigenvalue weighted by Gasteiger charge is -2.12. The molecule has 0 spiro atoms. The number of esters is 1. The highest BCUT2D eigenvalue weighted by molar-refractivity contribution is 8.18. The number of carbonyl (C=O) groups is 4. The summed E-state index contributed by atoms with van der Waals surface area (Å²) in [6.07, 6.45) is 1.46. The molecule has 2 aromatic carbocycles. The average molecular weight is 477 g/mol. The van der Waals surface area contributed by atoms with Gasteiger partial charge in [0.2, 0.25) is 5.91 Å². The van der Waals surface area contributed by atoms with E-state index in [1.165, 1.54) is 6.08 Å². The second-order valence-electron chi connectivity index (χ2n) is 7.19. The summed E-state index contributed by atoms with van der Waals surface area (Å²) in [5.74, 6) is -0.632. The van der Waals surface area contributed by atoms with Crippen molar-refractivity contribution in [3.8, 4) is 11.3 Å². The van der Waals surface area contributed by atoms with E-state index in [1.807, 2.05) is 6.07 Å². The van der Waals surface area contributed by atoms with Gasteiger partial charge < -0.3 is 14.5 Å². The molecule has 8 nitrogen and oxygen atoms in total. The summed E-state index contributed by atoms with van der Waals surface area (Å²) in [6.45, 7) is 1.62. The Kier molecular flexibility index (Phi) is 6.93. The summed E-state index contributed by atoms with van der Waals surface area (Å²) in [6, 6.07) is 18.9. The van der Waals surface area contributed by atoms with Crippen LogP contribution in [0.5, 0.6) is 0 Å². The predicted octanol–water partition coefficient (Wildman–Crippen LogP) is 4.80. The molecule has 0 bridgehead atoms. The lowest BCUT2D eigenvalue weighted by atomic mass is 10.1. The Labute approximate surface area is 199 Å². The number of thioether (sulfide) groups is 1. The number of anilines is 1. The second kappa shape index (κ2) is 10.2. The minimum absolute atomic E-state index is 0.152. The van der Waals surface area contributed by atoms with Gasteiger partial charge in [-0.25, -0.2) is 4.79 Å². The van der Waals surface area contributed by atoms with Gasteiger partial charge in [-0.3, -0.25) is 19.3 Å². The number of amides is 3. The highest BCUT2D eigenvalue weighted by Gasteiger charge is 2.36. The molecule has 0 aliphatic carbocycles. The van der Waals surface area contributed by atoms with E-state index in [1.54, 1.807) is 67.6 Å². The first-order chi connectivity index (χ1) is 16.4. The first-order valence-electron chi connectivity index (χ1n) is 10.4. The van der Waals surface area contributed by atoms with E-state index in [9.17, 15) is 19.2 Å². The van der Waals surface area contributed by atoms with Gasteiger partial charge >= 0.3 is 5.97 Å². The Morgan fingerprint density at radius 1 is 1.06 bits per heavy atom. The van der Waals surface area contributed by atoms with Gasteiger partial charge in [-0.1, -0.05) is 30.3 Å². The fraction of sp³-hybridized carbons (Fsp3) is 0.120. The quantitative estimate of drug-likeness (QED) is 0.386. The van der Waals surface area contributed by atoms with Crippen molar-refractivity contribution in [3.05, 3.63) is 83.0 Å². The van der Waals surface area contributed by atoms with Crippen LogP contribution in [0.25, 0.3) is 17.4 Å². The van der Waals surface area contributed by atoms with E-state index >= 15 is 0 Å². The fourth-order valence-electron chi connectivity index (χ4n) is 3.23. The zero-order chi connectivity index (χ0) is 24.1. The van der Waals surface area contributed by atoms with Crippen LogP contribution in [0.4, 0.5) is 10.5 Å². The summed E-state index contributed by atoms with van der Waals surface area (Å²) < 4.78 is 10.8. The molecule has 4 rings (SSSR count). The highest BCUT2D eigenvalue weighted by atomic mass is 32.2. The zero-order valence-corrected chi connectivity index (χ0v) is 19.0. The van der Waals surface area contributed by atoms with Gasteiger partial charge in [0.15, 0.2) is 0 Å². The van der Waals surface area contributed by atoms with Crippen molar-refractivity contribution in [2.24, 2.45) is 0 Å². The maximum Gasteiger partial charge on any atom is 0.338 e. The van der Waals surface area contributed by atoms with E-state index in [0.717, 1.165) is 16.7 Å². The third kappa shape index (κ3) is 5.26. The van der Waals surface area contributed by atoms with Crippen LogP contribution in [0.2, 0.25) is 0 Å². The molecule has 1 saturated heterocycles. The number of ether oxygens (including phenoxy) is 1. The Morgan fingerprint density at radius 3 is 2.62 bits per heavy atom. The Balaban J connectivity index is 1.45. The highest BCUT2D eigenvalue weighted by Crippen LogP contribution is 2.33. The molecule has 0 unspecified atom stereocenters. The fourth-order valence-corrected chi connectivity index (χ4v) is 4.05. The van der Waals surface area contributed by atoms with Crippen LogP contribution in [0.1, 0.15) is 23.0 Å². The van der Waals surface area contributed by atoms with Crippen LogP contribution in [-0.2, 0) is 14.3 Å². The van der Waals surface area contributed by atoms with Crippen molar-refractivity contribution in [3.63, 3.8) is 0 Å². The molecule has 34 heavy (non-hydrogen) atoms. The van der Waals surface area contributed by atoms with Crippen LogP contribution in [-0.4, -0.2) is 41.1 Å². The van der Waals surface area contributed by atoms with Crippen molar-refractivity contribution < 1.29 is 28.3 Å². The van der Waals surface area contributed by atoms with E-state index in [2.05, 4.69) is 5.32 Å². The SMILES string of the molecule is CCOC(=O)c1cccc(-c2ccc(/C=C3\SC(=O)N(CC(=O)Nc4ccccc4)C3=O)o2)c1. The number of hydrogen-bond acceptors (Lipinski definition) is 7. The number of rotatable bonds is 7. The standard InChI is InChI=1S/C25H20N2O6S/c1-2-32-24(30)17-8-6-7-16(13-17)20-12-11-19(33-20)14-21-23(29)27(25(31)34-21)15-22(28)26-18-9-4-3-5-10-18/h3-14H,2,15H2,1H3,(H,26,28)/b21-14-. The van der Waals surface area contributed by atoms with Crippen LogP contribution in [0, 0.1) is 0 Å². The first-order valence-corrected chi connectivity index (χ1v) is 11.2. The summed E-state index contributed by atoms with van der Waals surface area (Å²) >= 11 is 0.739. The molecule has 9 heteroatoms. The second-order valence-corrected chi connectivity index (χ2v) is 8.18. The van der Waals surface area contributed by atoms with Gasteiger partial charge in [-0.05, 0) is 55.1 Å². The third-order valence-electron chi connectivity index (χ3n) is 4.79. The molecule has 3 amide bonds. The maximum atomic E-state index is 12.7. The van der Waals surface area contributed by atoms with Gasteiger partial charge in [0.1, 0.15) is 18.1 Å². The number of imide groups is 1. The Hall–Kier alpha value is -4.11. The van der Waals surface area contributed by atoms with Crippen LogP contribution in [0.15, 0.2) is 76.1 Å². The predicted molar refractivity (Wildman–Crippen MR) is 128 cm³/mol. The molecule has 2 heterocycles. The molecule has 1 aliphatic heterocycles. The molecular weight excluding hydrogens is 456 g/mol. The minimum atomic E-state index is -0.569. The van der Waals surface area contributed by atoms with Crippen molar-refractivity contribution in [2.75, 3.05) is 18.5 Å². The summed E-state index contributed by atoms with van der Waals surface area (Å²) in [5, 5.41) is 2.12. The molecule has 0 radical (unpaired) electrons. The van der Waals surface area contributed by atoms with Crippen LogP contribution in [0.3, 0.4) is 0 Å². The third-order valence-corrected chi connectivity index (χ3v) is 5.70. The molecule has 1 aromatic heterocycles. The van der Waals surface area contributed by atoms with Crippen molar-refractivity contribution in [2.45, 2.75) is 6.92 Å². The van der Waals surface area contributed by atoms with Gasteiger partial charge in [0.05, 0.1) is 17.1 Å². The van der Waals surface area contributed by atoms with E-state index in [4.69, 9.17) is 9.15 Å². The monoisotopic (exact) mass is 476 g/mol. The Bertz CT molecular complexity index is 1280. The number of carbonyl (C=O) groups excluding carboxylic acids is 4. The maximum absolute atomic E-state index is 12.7. The van der Waals surface area contributed by atoms with E-state index < -0.39 is 23.0 Å². The number of para-hydroxylation sites is 1. The molecular formula is C25H20N2O6S. The van der Waals surface area contributed by atoms with Crippen molar-refractivity contribution in [1.82, 2.24) is 4.90 Å². The van der Waals surface area contributed by atoms with E-state index in [-0.39, 0.29) is 18.1 Å². The number of hydrogen-bond donors (Lipinski definition) is 1. The number of furan rings is 1. The largest absolute Gasteiger partial charge is 0.462 e. The Morgan fingerprint density at radius 2 is 1.85 bits per heavy atom. The smallest absolute Gasteiger partial charge is 0.338 e. The van der Waals surface area contributed by atoms with Gasteiger partial charge in [0.25, 0.3) is 11.1 Å². The molecule has 3 aromatic rings. The van der Waals surface area contributed by atoms with Crippen molar-refractivity contribution in [1.29, 1.82) is 0 Å². The number of nitrogens with zero attached hydrogens (tertiary/aromatic N) is 1. The minimum Gasteiger partial charge on any atom is -0.462 e. The molecule has 1 fully saturated rings. The molecule has 1 N–H and O–H groups in total. The molecule has 172 valence electrons. The van der Waals surface area contributed by atoms with Crippen molar-refractivity contribution >= 4 is 46.5 Å². The molecule has 0 atom stereocenters. The van der Waals surface area contributed by atoms with Gasteiger partial charge in [-0.2, -0.15) is 0 Å². The lowest BCUT2D eigenvalue weighted by Crippen LogP contribution is -2.36. The van der Waals surface area contributed by atoms with Crippen LogP contribution < -0.4 is 5.32 Å². The summed E-state index contributed by atoms with van der Waals surface area (Å²) in [5.41, 5.74) is 1.63. The number of nitrogens with one attached hydrogen (secondary N) is 1. The summed E-state index contributed by atoms with van der Waals surface area (Å²) in [4.78, 5) is 50.3. The average Bonchev–Trinajstić information content (AvgIpc) is 3.40. The normalized spacial score (nSPS) is 14.5. The van der Waals surface area contributed by atoms with Gasteiger partial charge in [0, 0.05) is 17.3 Å². The van der Waals surface area contributed by atoms with E-state index in [0.29, 0.717) is 28.3 Å². The topological polar surface area (TPSA) is 106 Å². The lowest BCUT2D eigenvalue weighted by molar-refractivity contribution is -0.127. The molecule has 0 saturated carbocycles. The number of benzene rings is 2. The molecule has 1 aliphatic rings. The van der Waals surface area contributed by atoms with Crippen LogP contribution >= 0.6 is 11.8 Å².